The van der Waals surface area contributed by atoms with Crippen molar-refractivity contribution in [1.29, 1.82) is 0 Å². The number of hydrogen-bond acceptors (Lipinski definition) is 5. The molecule has 1 aliphatic carbocycles. The zero-order chi connectivity index (χ0) is 30.3. The van der Waals surface area contributed by atoms with Crippen molar-refractivity contribution in [2.24, 2.45) is 0 Å². The third kappa shape index (κ3) is 5.75. The molecule has 40 heavy (non-hydrogen) atoms. The highest BCUT2D eigenvalue weighted by Crippen LogP contribution is 2.55. The number of allylic oxidation sites excluding steroid dienone is 2. The second-order valence-electron chi connectivity index (χ2n) is 9.06. The molecule has 1 aliphatic rings. The molecule has 1 amide bonds. The van der Waals surface area contributed by atoms with Gasteiger partial charge < -0.3 is 15.5 Å². The Morgan fingerprint density at radius 3 is 1.95 bits per heavy atom. The Morgan fingerprint density at radius 1 is 1.00 bits per heavy atom. The van der Waals surface area contributed by atoms with Crippen LogP contribution in [-0.2, 0) is 14.6 Å². The molecule has 0 saturated heterocycles. The molecule has 2 atom stereocenters. The molecule has 15 heteroatoms. The van der Waals surface area contributed by atoms with Crippen molar-refractivity contribution in [2.75, 3.05) is 12.9 Å². The molecule has 0 saturated carbocycles. The smallest absolute Gasteiger partial charge is 0.395 e. The van der Waals surface area contributed by atoms with Gasteiger partial charge in [-0.1, -0.05) is 65.7 Å². The molecule has 3 N–H and O–H groups in total. The van der Waals surface area contributed by atoms with E-state index < -0.39 is 68.2 Å². The number of benzene rings is 2. The summed E-state index contributed by atoms with van der Waals surface area (Å²) in [6.07, 6.45) is -13.1. The van der Waals surface area contributed by atoms with E-state index in [4.69, 9.17) is 23.2 Å². The van der Waals surface area contributed by atoms with E-state index in [0.717, 1.165) is 30.5 Å². The minimum Gasteiger partial charge on any atom is -0.395 e. The normalized spacial score (nSPS) is 19.7. The first-order valence-electron chi connectivity index (χ1n) is 11.2. The van der Waals surface area contributed by atoms with E-state index in [2.05, 4.69) is 0 Å². The highest BCUT2D eigenvalue weighted by Gasteiger charge is 2.80. The number of carbonyl (C=O) groups excluding carboxylic acids is 1. The molecule has 2 aromatic carbocycles. The molecule has 0 radical (unpaired) electrons. The third-order valence-electron chi connectivity index (χ3n) is 6.40. The predicted octanol–water partition coefficient (Wildman–Crippen LogP) is 5.05. The summed E-state index contributed by atoms with van der Waals surface area (Å²) in [6.45, 7) is -1.10. The summed E-state index contributed by atoms with van der Waals surface area (Å²) in [5.41, 5.74) is -9.31. The van der Waals surface area contributed by atoms with E-state index in [9.17, 15) is 49.8 Å². The van der Waals surface area contributed by atoms with Gasteiger partial charge in [0.05, 0.1) is 17.4 Å². The molecule has 6 nitrogen and oxygen atoms in total. The Bertz CT molecular complexity index is 1430. The monoisotopic (exact) mass is 631 g/mol. The van der Waals surface area contributed by atoms with Crippen molar-refractivity contribution < 1.29 is 49.8 Å². The second-order valence-corrected chi connectivity index (χ2v) is 11.9. The Kier molecular flexibility index (Phi) is 8.79. The third-order valence-corrected chi connectivity index (χ3v) is 8.15. The van der Waals surface area contributed by atoms with E-state index in [1.54, 1.807) is 11.4 Å². The van der Waals surface area contributed by atoms with Crippen LogP contribution in [0.4, 0.5) is 26.3 Å². The fraction of sp³-hybridized carbons (Fsp3) is 0.320. The van der Waals surface area contributed by atoms with Gasteiger partial charge in [-0.25, -0.2) is 8.42 Å². The average molecular weight is 632 g/mol. The molecule has 0 heterocycles. The largest absolute Gasteiger partial charge is 0.429 e. The van der Waals surface area contributed by atoms with Gasteiger partial charge in [0.25, 0.3) is 5.60 Å². The predicted molar refractivity (Wildman–Crippen MR) is 135 cm³/mol. The van der Waals surface area contributed by atoms with Crippen molar-refractivity contribution in [3.05, 3.63) is 81.9 Å². The molecule has 0 aliphatic heterocycles. The van der Waals surface area contributed by atoms with Gasteiger partial charge in [0, 0.05) is 28.3 Å². The van der Waals surface area contributed by atoms with Crippen molar-refractivity contribution in [3.8, 4) is 0 Å². The second kappa shape index (κ2) is 11.0. The summed E-state index contributed by atoms with van der Waals surface area (Å²) in [4.78, 5) is 13.0. The van der Waals surface area contributed by atoms with Crippen LogP contribution in [0.1, 0.15) is 23.5 Å². The quantitative estimate of drug-likeness (QED) is 0.371. The van der Waals surface area contributed by atoms with Crippen molar-refractivity contribution in [3.63, 3.8) is 0 Å². The highest BCUT2D eigenvalue weighted by molar-refractivity contribution is 7.90. The van der Waals surface area contributed by atoms with Gasteiger partial charge in [-0.3, -0.25) is 4.79 Å². The Balaban J connectivity index is 2.19. The van der Waals surface area contributed by atoms with Crippen LogP contribution >= 0.6 is 23.2 Å². The summed E-state index contributed by atoms with van der Waals surface area (Å²) in [7, 11) is -3.69. The van der Waals surface area contributed by atoms with Crippen LogP contribution in [0.5, 0.6) is 0 Å². The summed E-state index contributed by atoms with van der Waals surface area (Å²) >= 11 is 12.4. The first kappa shape index (κ1) is 31.9. The topological polar surface area (TPSA) is 104 Å². The maximum atomic E-state index is 14.2. The molecule has 2 aromatic rings. The average Bonchev–Trinajstić information content (AvgIpc) is 2.82. The van der Waals surface area contributed by atoms with E-state index in [1.165, 1.54) is 24.3 Å². The number of carbonyl (C=O) groups is 1. The first-order chi connectivity index (χ1) is 18.3. The minimum atomic E-state index is -6.40. The number of sulfone groups is 1. The summed E-state index contributed by atoms with van der Waals surface area (Å²) < 4.78 is 108. The van der Waals surface area contributed by atoms with E-state index in [-0.39, 0.29) is 27.7 Å². The fourth-order valence-electron chi connectivity index (χ4n) is 4.37. The zero-order valence-electron chi connectivity index (χ0n) is 20.3. The van der Waals surface area contributed by atoms with E-state index in [0.29, 0.717) is 0 Å². The lowest BCUT2D eigenvalue weighted by atomic mass is 9.71. The van der Waals surface area contributed by atoms with Crippen LogP contribution < -0.4 is 5.32 Å². The van der Waals surface area contributed by atoms with Crippen LogP contribution in [0.2, 0.25) is 0 Å². The molecule has 0 bridgehead atoms. The van der Waals surface area contributed by atoms with E-state index >= 15 is 0 Å². The lowest BCUT2D eigenvalue weighted by Crippen LogP contribution is -2.76. The van der Waals surface area contributed by atoms with Gasteiger partial charge in [0.1, 0.15) is 5.54 Å². The van der Waals surface area contributed by atoms with Gasteiger partial charge in [0.15, 0.2) is 9.84 Å². The molecule has 218 valence electrons. The lowest BCUT2D eigenvalue weighted by Gasteiger charge is -2.48. The summed E-state index contributed by atoms with van der Waals surface area (Å²) in [5.74, 6) is -3.34. The number of halogens is 8. The van der Waals surface area contributed by atoms with Crippen LogP contribution in [-0.4, -0.2) is 60.9 Å². The number of amides is 1. The number of alkyl halides is 6. The maximum Gasteiger partial charge on any atom is 0.429 e. The van der Waals surface area contributed by atoms with Crippen molar-refractivity contribution in [1.82, 2.24) is 5.32 Å². The molecule has 0 fully saturated rings. The number of aliphatic hydroxyl groups excluding tert-OH is 1. The summed E-state index contributed by atoms with van der Waals surface area (Å²) in [6, 6.07) is 11.7. The zero-order valence-corrected chi connectivity index (χ0v) is 22.6. The Morgan fingerprint density at radius 2 is 1.52 bits per heavy atom. The SMILES string of the molecule is CS(=O)(=O)c1ccc(C(CO)C(=O)NC2(C(O)(C(F)(F)F)C(F)(F)F)C=C(Cl)C(c3ccccc3)=C(Cl)C2)cc1. The highest BCUT2D eigenvalue weighted by atomic mass is 35.5. The van der Waals surface area contributed by atoms with Gasteiger partial charge in [0.2, 0.25) is 5.91 Å². The van der Waals surface area contributed by atoms with E-state index in [1.807, 2.05) is 0 Å². The van der Waals surface area contributed by atoms with Crippen LogP contribution in [0, 0.1) is 0 Å². The van der Waals surface area contributed by atoms with Crippen LogP contribution in [0.25, 0.3) is 5.57 Å². The molecule has 2 unspecified atom stereocenters. The Hall–Kier alpha value is -2.58. The lowest BCUT2D eigenvalue weighted by molar-refractivity contribution is -0.385. The molecule has 3 rings (SSSR count). The standard InChI is InChI=1S/C25H21Cl2F6NO5S/c1-40(38,39)16-9-7-14(8-10-16)17(13-35)21(36)34-22(23(37,24(28,29)30)25(31,32)33)11-18(26)20(19(27)12-22)15-5-3-2-4-6-15/h2-11,17,35,37H,12-13H2,1H3,(H,34,36). The van der Waals surface area contributed by atoms with Gasteiger partial charge in [-0.05, 0) is 29.3 Å². The summed E-state index contributed by atoms with van der Waals surface area (Å²) in [5, 5.41) is 20.6. The molecular formula is C25H21Cl2F6NO5S. The number of aliphatic hydroxyl groups is 2. The van der Waals surface area contributed by atoms with Gasteiger partial charge in [-0.15, -0.1) is 0 Å². The van der Waals surface area contributed by atoms with Crippen molar-refractivity contribution in [2.45, 2.75) is 40.7 Å². The van der Waals surface area contributed by atoms with Gasteiger partial charge in [-0.2, -0.15) is 26.3 Å². The Labute approximate surface area is 234 Å². The minimum absolute atomic E-state index is 0.115. The van der Waals surface area contributed by atoms with Crippen molar-refractivity contribution >= 4 is 44.5 Å². The first-order valence-corrected chi connectivity index (χ1v) is 13.9. The van der Waals surface area contributed by atoms with Gasteiger partial charge >= 0.3 is 12.4 Å². The number of rotatable bonds is 7. The molecule has 0 aromatic heterocycles. The maximum absolute atomic E-state index is 14.2. The molecular weight excluding hydrogens is 611 g/mol. The fourth-order valence-corrected chi connectivity index (χ4v) is 5.88. The molecule has 0 spiro atoms. The number of hydrogen-bond donors (Lipinski definition) is 3. The number of nitrogens with one attached hydrogen (secondary N) is 1. The van der Waals surface area contributed by atoms with Crippen LogP contribution in [0.3, 0.4) is 0 Å². The van der Waals surface area contributed by atoms with Crippen LogP contribution in [0.15, 0.2) is 75.6 Å².